The van der Waals surface area contributed by atoms with Crippen LogP contribution in [-0.4, -0.2) is 26.9 Å². The van der Waals surface area contributed by atoms with Crippen LogP contribution in [0.15, 0.2) is 24.3 Å². The standard InChI is InChI=1S/C15H25NO2/c1-3-4-5-13-18-15-9-7-14(8-10-15)16-11-6-12-17-2/h7-10,16H,3-6,11-13H2,1-2H3. The average molecular weight is 251 g/mol. The maximum Gasteiger partial charge on any atom is 0.119 e. The Morgan fingerprint density at radius 1 is 1.00 bits per heavy atom. The SMILES string of the molecule is CCCCCOc1ccc(NCCCOC)cc1. The van der Waals surface area contributed by atoms with Gasteiger partial charge in [0, 0.05) is 25.9 Å². The molecular weight excluding hydrogens is 226 g/mol. The summed E-state index contributed by atoms with van der Waals surface area (Å²) < 4.78 is 10.7. The van der Waals surface area contributed by atoms with Gasteiger partial charge in [-0.3, -0.25) is 0 Å². The third-order valence-corrected chi connectivity index (χ3v) is 2.73. The first-order valence-electron chi connectivity index (χ1n) is 6.82. The van der Waals surface area contributed by atoms with Crippen molar-refractivity contribution in [1.29, 1.82) is 0 Å². The summed E-state index contributed by atoms with van der Waals surface area (Å²) in [5.74, 6) is 0.952. The van der Waals surface area contributed by atoms with Crippen molar-refractivity contribution in [2.24, 2.45) is 0 Å². The maximum absolute atomic E-state index is 5.66. The molecule has 0 aromatic heterocycles. The maximum atomic E-state index is 5.66. The molecule has 0 aliphatic rings. The van der Waals surface area contributed by atoms with Gasteiger partial charge in [-0.1, -0.05) is 19.8 Å². The van der Waals surface area contributed by atoms with Crippen LogP contribution < -0.4 is 10.1 Å². The largest absolute Gasteiger partial charge is 0.494 e. The minimum Gasteiger partial charge on any atom is -0.494 e. The van der Waals surface area contributed by atoms with Crippen molar-refractivity contribution >= 4 is 5.69 Å². The Labute approximate surface area is 110 Å². The normalized spacial score (nSPS) is 10.3. The molecule has 0 spiro atoms. The lowest BCUT2D eigenvalue weighted by Crippen LogP contribution is -2.04. The van der Waals surface area contributed by atoms with Crippen molar-refractivity contribution in [1.82, 2.24) is 0 Å². The Balaban J connectivity index is 2.20. The molecule has 1 N–H and O–H groups in total. The summed E-state index contributed by atoms with van der Waals surface area (Å²) in [7, 11) is 1.73. The van der Waals surface area contributed by atoms with Gasteiger partial charge in [-0.15, -0.1) is 0 Å². The molecule has 1 aromatic carbocycles. The van der Waals surface area contributed by atoms with Crippen LogP contribution in [0.1, 0.15) is 32.6 Å². The van der Waals surface area contributed by atoms with Crippen molar-refractivity contribution in [2.75, 3.05) is 32.2 Å². The topological polar surface area (TPSA) is 30.5 Å². The van der Waals surface area contributed by atoms with Gasteiger partial charge in [-0.25, -0.2) is 0 Å². The molecule has 18 heavy (non-hydrogen) atoms. The number of ether oxygens (including phenoxy) is 2. The smallest absolute Gasteiger partial charge is 0.119 e. The van der Waals surface area contributed by atoms with Gasteiger partial charge in [0.2, 0.25) is 0 Å². The van der Waals surface area contributed by atoms with Gasteiger partial charge in [0.25, 0.3) is 0 Å². The van der Waals surface area contributed by atoms with Crippen LogP contribution in [0.2, 0.25) is 0 Å². The molecule has 0 saturated carbocycles. The van der Waals surface area contributed by atoms with Crippen molar-refractivity contribution < 1.29 is 9.47 Å². The lowest BCUT2D eigenvalue weighted by molar-refractivity contribution is 0.198. The predicted molar refractivity (Wildman–Crippen MR) is 76.4 cm³/mol. The Hall–Kier alpha value is -1.22. The lowest BCUT2D eigenvalue weighted by atomic mass is 10.2. The number of rotatable bonds is 10. The van der Waals surface area contributed by atoms with E-state index in [-0.39, 0.29) is 0 Å². The van der Waals surface area contributed by atoms with Crippen molar-refractivity contribution in [3.63, 3.8) is 0 Å². The summed E-state index contributed by atoms with van der Waals surface area (Å²) in [5, 5.41) is 3.35. The zero-order valence-electron chi connectivity index (χ0n) is 11.6. The van der Waals surface area contributed by atoms with E-state index >= 15 is 0 Å². The molecule has 0 bridgehead atoms. The Bertz CT molecular complexity index is 267. The summed E-state index contributed by atoms with van der Waals surface area (Å²) >= 11 is 0. The highest BCUT2D eigenvalue weighted by Gasteiger charge is 1.95. The van der Waals surface area contributed by atoms with E-state index in [1.165, 1.54) is 12.8 Å². The fraction of sp³-hybridized carbons (Fsp3) is 0.600. The zero-order valence-corrected chi connectivity index (χ0v) is 11.6. The Kier molecular flexibility index (Phi) is 8.06. The molecule has 0 unspecified atom stereocenters. The number of nitrogens with one attached hydrogen (secondary N) is 1. The molecule has 0 amide bonds. The molecule has 0 aliphatic carbocycles. The number of hydrogen-bond acceptors (Lipinski definition) is 3. The highest BCUT2D eigenvalue weighted by atomic mass is 16.5. The molecule has 1 rings (SSSR count). The van der Waals surface area contributed by atoms with Crippen LogP contribution >= 0.6 is 0 Å². The summed E-state index contributed by atoms with van der Waals surface area (Å²) in [6.07, 6.45) is 4.62. The lowest BCUT2D eigenvalue weighted by Gasteiger charge is -2.08. The van der Waals surface area contributed by atoms with Gasteiger partial charge >= 0.3 is 0 Å². The molecule has 3 heteroatoms. The molecule has 0 fully saturated rings. The molecule has 0 radical (unpaired) electrons. The van der Waals surface area contributed by atoms with E-state index < -0.39 is 0 Å². The van der Waals surface area contributed by atoms with E-state index in [0.717, 1.165) is 44.0 Å². The van der Waals surface area contributed by atoms with Crippen molar-refractivity contribution in [2.45, 2.75) is 32.6 Å². The van der Waals surface area contributed by atoms with Crippen LogP contribution in [0.5, 0.6) is 5.75 Å². The molecule has 3 nitrogen and oxygen atoms in total. The van der Waals surface area contributed by atoms with Gasteiger partial charge in [-0.2, -0.15) is 0 Å². The van der Waals surface area contributed by atoms with Gasteiger partial charge in [0.1, 0.15) is 5.75 Å². The molecule has 0 atom stereocenters. The first-order chi connectivity index (χ1) is 8.86. The van der Waals surface area contributed by atoms with Gasteiger partial charge < -0.3 is 14.8 Å². The van der Waals surface area contributed by atoms with Crippen LogP contribution in [0, 0.1) is 0 Å². The molecule has 1 aromatic rings. The molecule has 0 aliphatic heterocycles. The van der Waals surface area contributed by atoms with E-state index in [1.807, 2.05) is 12.1 Å². The number of anilines is 1. The third kappa shape index (κ3) is 6.50. The third-order valence-electron chi connectivity index (χ3n) is 2.73. The van der Waals surface area contributed by atoms with E-state index in [0.29, 0.717) is 0 Å². The number of hydrogen-bond donors (Lipinski definition) is 1. The van der Waals surface area contributed by atoms with Crippen LogP contribution in [0.4, 0.5) is 5.69 Å². The van der Waals surface area contributed by atoms with Crippen LogP contribution in [-0.2, 0) is 4.74 Å². The predicted octanol–water partition coefficient (Wildman–Crippen LogP) is 3.70. The highest BCUT2D eigenvalue weighted by Crippen LogP contribution is 2.16. The fourth-order valence-corrected chi connectivity index (χ4v) is 1.66. The number of benzene rings is 1. The Morgan fingerprint density at radius 2 is 1.78 bits per heavy atom. The van der Waals surface area contributed by atoms with Crippen molar-refractivity contribution in [3.8, 4) is 5.75 Å². The average Bonchev–Trinajstić information content (AvgIpc) is 2.41. The first kappa shape index (κ1) is 14.8. The van der Waals surface area contributed by atoms with Gasteiger partial charge in [0.15, 0.2) is 0 Å². The number of unbranched alkanes of at least 4 members (excludes halogenated alkanes) is 2. The van der Waals surface area contributed by atoms with Gasteiger partial charge in [-0.05, 0) is 37.1 Å². The van der Waals surface area contributed by atoms with Crippen LogP contribution in [0.25, 0.3) is 0 Å². The molecular formula is C15H25NO2. The van der Waals surface area contributed by atoms with Gasteiger partial charge in [0.05, 0.1) is 6.61 Å². The minimum absolute atomic E-state index is 0.797. The molecule has 0 heterocycles. The second kappa shape index (κ2) is 9.77. The van der Waals surface area contributed by atoms with E-state index in [2.05, 4.69) is 24.4 Å². The quantitative estimate of drug-likeness (QED) is 0.643. The van der Waals surface area contributed by atoms with E-state index in [4.69, 9.17) is 9.47 Å². The molecule has 102 valence electrons. The monoisotopic (exact) mass is 251 g/mol. The van der Waals surface area contributed by atoms with E-state index in [1.54, 1.807) is 7.11 Å². The summed E-state index contributed by atoms with van der Waals surface area (Å²) in [6.45, 7) is 4.74. The Morgan fingerprint density at radius 3 is 2.44 bits per heavy atom. The summed E-state index contributed by atoms with van der Waals surface area (Å²) in [4.78, 5) is 0. The van der Waals surface area contributed by atoms with E-state index in [9.17, 15) is 0 Å². The zero-order chi connectivity index (χ0) is 13.1. The first-order valence-corrected chi connectivity index (χ1v) is 6.82. The summed E-state index contributed by atoms with van der Waals surface area (Å²) in [5.41, 5.74) is 1.13. The summed E-state index contributed by atoms with van der Waals surface area (Å²) in [6, 6.07) is 8.15. The highest BCUT2D eigenvalue weighted by molar-refractivity contribution is 5.46. The van der Waals surface area contributed by atoms with Crippen molar-refractivity contribution in [3.05, 3.63) is 24.3 Å². The molecule has 0 saturated heterocycles. The second-order valence-corrected chi connectivity index (χ2v) is 4.35. The minimum atomic E-state index is 0.797. The second-order valence-electron chi connectivity index (χ2n) is 4.35. The van der Waals surface area contributed by atoms with Crippen LogP contribution in [0.3, 0.4) is 0 Å². The number of methoxy groups -OCH3 is 1. The fourth-order valence-electron chi connectivity index (χ4n) is 1.66.